The van der Waals surface area contributed by atoms with E-state index >= 15 is 0 Å². The SMILES string of the molecule is CC(C)c1c(C(=O)O)nnn1C(C)C1CC1. The van der Waals surface area contributed by atoms with Gasteiger partial charge in [-0.3, -0.25) is 0 Å². The topological polar surface area (TPSA) is 68.0 Å². The maximum atomic E-state index is 11.0. The molecule has 0 saturated heterocycles. The average molecular weight is 223 g/mol. The molecule has 1 heterocycles. The number of carbonyl (C=O) groups is 1. The summed E-state index contributed by atoms with van der Waals surface area (Å²) in [6.07, 6.45) is 2.42. The highest BCUT2D eigenvalue weighted by Gasteiger charge is 2.33. The fraction of sp³-hybridized carbons (Fsp3) is 0.727. The first kappa shape index (κ1) is 11.1. The third-order valence-electron chi connectivity index (χ3n) is 3.17. The average Bonchev–Trinajstić information content (AvgIpc) is 2.94. The normalized spacial score (nSPS) is 17.8. The van der Waals surface area contributed by atoms with Crippen LogP contribution >= 0.6 is 0 Å². The van der Waals surface area contributed by atoms with E-state index in [9.17, 15) is 4.79 Å². The van der Waals surface area contributed by atoms with Gasteiger partial charge in [0.15, 0.2) is 5.69 Å². The van der Waals surface area contributed by atoms with Crippen molar-refractivity contribution >= 4 is 5.97 Å². The van der Waals surface area contributed by atoms with E-state index < -0.39 is 5.97 Å². The van der Waals surface area contributed by atoms with Gasteiger partial charge < -0.3 is 5.11 Å². The van der Waals surface area contributed by atoms with Crippen LogP contribution in [0.15, 0.2) is 0 Å². The largest absolute Gasteiger partial charge is 0.476 e. The summed E-state index contributed by atoms with van der Waals surface area (Å²) in [6, 6.07) is 0.262. The van der Waals surface area contributed by atoms with E-state index in [1.165, 1.54) is 12.8 Å². The molecule has 1 aromatic rings. The summed E-state index contributed by atoms with van der Waals surface area (Å²) < 4.78 is 1.80. The number of nitrogens with zero attached hydrogens (tertiary/aromatic N) is 3. The predicted molar refractivity (Wildman–Crippen MR) is 58.5 cm³/mol. The van der Waals surface area contributed by atoms with Gasteiger partial charge in [0.1, 0.15) is 0 Å². The molecule has 1 atom stereocenters. The first-order valence-electron chi connectivity index (χ1n) is 5.70. The molecule has 0 amide bonds. The van der Waals surface area contributed by atoms with E-state index in [4.69, 9.17) is 5.11 Å². The standard InChI is InChI=1S/C11H17N3O2/c1-6(2)10-9(11(15)16)12-13-14(10)7(3)8-4-5-8/h6-8H,4-5H2,1-3H3,(H,15,16). The Kier molecular flexibility index (Phi) is 2.69. The molecule has 0 spiro atoms. The molecule has 1 unspecified atom stereocenters. The van der Waals surface area contributed by atoms with Crippen LogP contribution in [0.1, 0.15) is 61.8 Å². The number of carboxylic acid groups (broad SMARTS) is 1. The van der Waals surface area contributed by atoms with Crippen LogP contribution in [0.2, 0.25) is 0 Å². The summed E-state index contributed by atoms with van der Waals surface area (Å²) in [5, 5.41) is 16.8. The highest BCUT2D eigenvalue weighted by atomic mass is 16.4. The Morgan fingerprint density at radius 1 is 1.44 bits per heavy atom. The summed E-state index contributed by atoms with van der Waals surface area (Å²) in [5.41, 5.74) is 0.842. The maximum absolute atomic E-state index is 11.0. The summed E-state index contributed by atoms with van der Waals surface area (Å²) >= 11 is 0. The summed E-state index contributed by atoms with van der Waals surface area (Å²) in [7, 11) is 0. The molecule has 0 aliphatic heterocycles. The summed E-state index contributed by atoms with van der Waals surface area (Å²) in [6.45, 7) is 6.03. The lowest BCUT2D eigenvalue weighted by atomic mass is 10.1. The van der Waals surface area contributed by atoms with Crippen LogP contribution < -0.4 is 0 Å². The van der Waals surface area contributed by atoms with E-state index in [2.05, 4.69) is 17.2 Å². The molecule has 1 saturated carbocycles. The molecular formula is C11H17N3O2. The zero-order valence-electron chi connectivity index (χ0n) is 9.84. The zero-order valence-corrected chi connectivity index (χ0v) is 9.84. The van der Waals surface area contributed by atoms with Crippen molar-refractivity contribution in [2.24, 2.45) is 5.92 Å². The van der Waals surface area contributed by atoms with Gasteiger partial charge >= 0.3 is 5.97 Å². The Hall–Kier alpha value is -1.39. The molecule has 1 aromatic heterocycles. The Morgan fingerprint density at radius 2 is 2.06 bits per heavy atom. The van der Waals surface area contributed by atoms with E-state index in [0.29, 0.717) is 5.92 Å². The molecule has 0 radical (unpaired) electrons. The lowest BCUT2D eigenvalue weighted by Crippen LogP contribution is -2.15. The predicted octanol–water partition coefficient (Wildman–Crippen LogP) is 2.07. The van der Waals surface area contributed by atoms with Gasteiger partial charge in [0.2, 0.25) is 0 Å². The van der Waals surface area contributed by atoms with Crippen molar-refractivity contribution in [2.45, 2.75) is 45.6 Å². The van der Waals surface area contributed by atoms with Gasteiger partial charge in [-0.2, -0.15) is 0 Å². The van der Waals surface area contributed by atoms with Crippen LogP contribution in [0.3, 0.4) is 0 Å². The highest BCUT2D eigenvalue weighted by molar-refractivity contribution is 5.86. The van der Waals surface area contributed by atoms with Crippen molar-refractivity contribution in [3.63, 3.8) is 0 Å². The Balaban J connectivity index is 2.40. The quantitative estimate of drug-likeness (QED) is 0.848. The van der Waals surface area contributed by atoms with Gasteiger partial charge in [0.05, 0.1) is 11.7 Å². The number of carboxylic acids is 1. The van der Waals surface area contributed by atoms with Gasteiger partial charge in [-0.05, 0) is 31.6 Å². The van der Waals surface area contributed by atoms with Crippen LogP contribution in [-0.2, 0) is 0 Å². The first-order chi connectivity index (χ1) is 7.52. The second kappa shape index (κ2) is 3.88. The molecule has 5 nitrogen and oxygen atoms in total. The third-order valence-corrected chi connectivity index (χ3v) is 3.17. The summed E-state index contributed by atoms with van der Waals surface area (Å²) in [5.74, 6) is -0.221. The van der Waals surface area contributed by atoms with Crippen molar-refractivity contribution in [1.29, 1.82) is 0 Å². The molecule has 88 valence electrons. The Labute approximate surface area is 94.5 Å². The number of aromatic carboxylic acids is 1. The minimum absolute atomic E-state index is 0.0995. The first-order valence-corrected chi connectivity index (χ1v) is 5.70. The van der Waals surface area contributed by atoms with E-state index in [0.717, 1.165) is 5.69 Å². The third kappa shape index (κ3) is 1.81. The van der Waals surface area contributed by atoms with Gasteiger partial charge in [0.25, 0.3) is 0 Å². The second-order valence-corrected chi connectivity index (χ2v) is 4.81. The lowest BCUT2D eigenvalue weighted by molar-refractivity contribution is 0.0688. The van der Waals surface area contributed by atoms with Crippen LogP contribution in [-0.4, -0.2) is 26.1 Å². The molecule has 5 heteroatoms. The Bertz CT molecular complexity index is 407. The van der Waals surface area contributed by atoms with Crippen LogP contribution in [0.25, 0.3) is 0 Å². The van der Waals surface area contributed by atoms with Crippen molar-refractivity contribution in [3.05, 3.63) is 11.4 Å². The van der Waals surface area contributed by atoms with E-state index in [-0.39, 0.29) is 17.7 Å². The highest BCUT2D eigenvalue weighted by Crippen LogP contribution is 2.40. The van der Waals surface area contributed by atoms with Crippen molar-refractivity contribution in [1.82, 2.24) is 15.0 Å². The van der Waals surface area contributed by atoms with Gasteiger partial charge in [-0.15, -0.1) is 5.10 Å². The van der Waals surface area contributed by atoms with Crippen molar-refractivity contribution < 1.29 is 9.90 Å². The molecule has 1 N–H and O–H groups in total. The van der Waals surface area contributed by atoms with Crippen molar-refractivity contribution in [2.75, 3.05) is 0 Å². The minimum atomic E-state index is -0.988. The molecule has 16 heavy (non-hydrogen) atoms. The molecule has 0 bridgehead atoms. The maximum Gasteiger partial charge on any atom is 0.358 e. The fourth-order valence-electron chi connectivity index (χ4n) is 2.07. The van der Waals surface area contributed by atoms with Gasteiger partial charge in [0, 0.05) is 0 Å². The molecule has 0 aromatic carbocycles. The zero-order chi connectivity index (χ0) is 11.9. The number of rotatable bonds is 4. The van der Waals surface area contributed by atoms with Crippen LogP contribution in [0.4, 0.5) is 0 Å². The number of hydrogen-bond donors (Lipinski definition) is 1. The van der Waals surface area contributed by atoms with Gasteiger partial charge in [-0.25, -0.2) is 9.48 Å². The monoisotopic (exact) mass is 223 g/mol. The smallest absolute Gasteiger partial charge is 0.358 e. The fourth-order valence-corrected chi connectivity index (χ4v) is 2.07. The second-order valence-electron chi connectivity index (χ2n) is 4.81. The van der Waals surface area contributed by atoms with Gasteiger partial charge in [-0.1, -0.05) is 19.1 Å². The minimum Gasteiger partial charge on any atom is -0.476 e. The molecule has 2 rings (SSSR count). The van der Waals surface area contributed by atoms with Crippen molar-refractivity contribution in [3.8, 4) is 0 Å². The Morgan fingerprint density at radius 3 is 2.50 bits per heavy atom. The summed E-state index contributed by atoms with van der Waals surface area (Å²) in [4.78, 5) is 11.0. The molecule has 1 aliphatic carbocycles. The lowest BCUT2D eigenvalue weighted by Gasteiger charge is -2.15. The van der Waals surface area contributed by atoms with Crippen LogP contribution in [0.5, 0.6) is 0 Å². The molecule has 1 aliphatic rings. The molecular weight excluding hydrogens is 206 g/mol. The molecule has 1 fully saturated rings. The number of hydrogen-bond acceptors (Lipinski definition) is 3. The number of aromatic nitrogens is 3. The van der Waals surface area contributed by atoms with Crippen LogP contribution in [0, 0.1) is 5.92 Å². The van der Waals surface area contributed by atoms with E-state index in [1.54, 1.807) is 4.68 Å². The van der Waals surface area contributed by atoms with E-state index in [1.807, 2.05) is 13.8 Å².